The number of urea groups is 1. The Morgan fingerprint density at radius 2 is 1.50 bits per heavy atom. The van der Waals surface area contributed by atoms with Crippen molar-refractivity contribution in [1.82, 2.24) is 5.32 Å². The van der Waals surface area contributed by atoms with Crippen molar-refractivity contribution in [2.45, 2.75) is 6.42 Å². The molecule has 0 aliphatic carbocycles. The Bertz CT molecular complexity index is 1350. The van der Waals surface area contributed by atoms with Crippen LogP contribution >= 0.6 is 11.6 Å². The van der Waals surface area contributed by atoms with E-state index in [-0.39, 0.29) is 11.9 Å². The number of carbonyl (C=O) groups is 2. The zero-order valence-corrected chi connectivity index (χ0v) is 21.7. The minimum absolute atomic E-state index is 0.190. The highest BCUT2D eigenvalue weighted by atomic mass is 35.5. The van der Waals surface area contributed by atoms with Crippen molar-refractivity contribution in [2.75, 3.05) is 30.4 Å². The maximum atomic E-state index is 13.3. The Labute approximate surface area is 227 Å². The van der Waals surface area contributed by atoms with Crippen molar-refractivity contribution in [2.24, 2.45) is 0 Å². The Morgan fingerprint density at radius 3 is 2.18 bits per heavy atom. The second-order valence-electron chi connectivity index (χ2n) is 8.34. The van der Waals surface area contributed by atoms with E-state index in [4.69, 9.17) is 21.1 Å². The van der Waals surface area contributed by atoms with Gasteiger partial charge >= 0.3 is 6.03 Å². The third-order valence-corrected chi connectivity index (χ3v) is 5.88. The first-order valence-corrected chi connectivity index (χ1v) is 12.5. The number of para-hydroxylation sites is 1. The van der Waals surface area contributed by atoms with E-state index < -0.39 is 0 Å². The van der Waals surface area contributed by atoms with Crippen LogP contribution in [0.25, 0.3) is 0 Å². The molecule has 4 rings (SSSR count). The molecular formula is C30H28ClN3O4. The first kappa shape index (κ1) is 26.6. The lowest BCUT2D eigenvalue weighted by Gasteiger charge is -2.24. The van der Waals surface area contributed by atoms with Gasteiger partial charge in [0, 0.05) is 35.1 Å². The zero-order chi connectivity index (χ0) is 26.7. The molecule has 0 unspecified atom stereocenters. The fraction of sp³-hybridized carbons (Fsp3) is 0.133. The molecule has 0 saturated carbocycles. The van der Waals surface area contributed by atoms with Crippen LogP contribution in [0.5, 0.6) is 17.2 Å². The predicted octanol–water partition coefficient (Wildman–Crippen LogP) is 7.00. The first-order valence-electron chi connectivity index (χ1n) is 12.1. The summed E-state index contributed by atoms with van der Waals surface area (Å²) in [7, 11) is 1.58. The van der Waals surface area contributed by atoms with Gasteiger partial charge in [-0.2, -0.15) is 0 Å². The molecule has 0 fully saturated rings. The van der Waals surface area contributed by atoms with Crippen LogP contribution in [0.4, 0.5) is 16.2 Å². The molecule has 194 valence electrons. The van der Waals surface area contributed by atoms with Gasteiger partial charge in [-0.3, -0.25) is 9.69 Å². The van der Waals surface area contributed by atoms with Gasteiger partial charge < -0.3 is 20.1 Å². The zero-order valence-electron chi connectivity index (χ0n) is 20.9. The van der Waals surface area contributed by atoms with Crippen LogP contribution in [0.3, 0.4) is 0 Å². The number of hydrogen-bond acceptors (Lipinski definition) is 4. The molecule has 0 aliphatic rings. The van der Waals surface area contributed by atoms with Gasteiger partial charge in [-0.1, -0.05) is 35.9 Å². The van der Waals surface area contributed by atoms with Gasteiger partial charge in [0.2, 0.25) is 0 Å². The first-order chi connectivity index (χ1) is 18.5. The molecule has 4 aromatic rings. The molecule has 0 atom stereocenters. The largest absolute Gasteiger partial charge is 0.497 e. The van der Waals surface area contributed by atoms with Crippen molar-refractivity contribution in [3.8, 4) is 17.2 Å². The molecule has 38 heavy (non-hydrogen) atoms. The molecule has 0 saturated heterocycles. The number of hydrogen-bond donors (Lipinski definition) is 2. The SMILES string of the molecule is COc1ccc(C(=O)NCCCN(C(=O)Nc2cccc(Cl)c2)c2ccc(Oc3ccccc3)cc2)cc1. The van der Waals surface area contributed by atoms with Gasteiger partial charge in [0.15, 0.2) is 0 Å². The van der Waals surface area contributed by atoms with Gasteiger partial charge in [-0.25, -0.2) is 4.79 Å². The van der Waals surface area contributed by atoms with E-state index in [0.717, 1.165) is 5.75 Å². The summed E-state index contributed by atoms with van der Waals surface area (Å²) in [5.41, 5.74) is 1.81. The Hall–Kier alpha value is -4.49. The van der Waals surface area contributed by atoms with E-state index in [9.17, 15) is 9.59 Å². The number of anilines is 2. The molecule has 0 bridgehead atoms. The van der Waals surface area contributed by atoms with Gasteiger partial charge in [0.05, 0.1) is 7.11 Å². The molecule has 4 aromatic carbocycles. The van der Waals surface area contributed by atoms with Crippen LogP contribution in [-0.2, 0) is 0 Å². The monoisotopic (exact) mass is 529 g/mol. The summed E-state index contributed by atoms with van der Waals surface area (Å²) in [6, 6.07) is 30.3. The molecule has 0 aliphatic heterocycles. The second kappa shape index (κ2) is 13.2. The van der Waals surface area contributed by atoms with Crippen molar-refractivity contribution in [3.63, 3.8) is 0 Å². The minimum Gasteiger partial charge on any atom is -0.497 e. The second-order valence-corrected chi connectivity index (χ2v) is 8.78. The summed E-state index contributed by atoms with van der Waals surface area (Å²) in [6.07, 6.45) is 0.535. The van der Waals surface area contributed by atoms with Gasteiger partial charge in [0.1, 0.15) is 17.2 Å². The highest BCUT2D eigenvalue weighted by Crippen LogP contribution is 2.25. The number of nitrogens with one attached hydrogen (secondary N) is 2. The van der Waals surface area contributed by atoms with Gasteiger partial charge in [-0.05, 0) is 85.3 Å². The van der Waals surface area contributed by atoms with E-state index in [1.54, 1.807) is 60.5 Å². The van der Waals surface area contributed by atoms with Crippen molar-refractivity contribution >= 4 is 34.9 Å². The highest BCUT2D eigenvalue weighted by Gasteiger charge is 2.17. The summed E-state index contributed by atoms with van der Waals surface area (Å²) in [4.78, 5) is 27.4. The Balaban J connectivity index is 1.41. The fourth-order valence-corrected chi connectivity index (χ4v) is 3.90. The number of nitrogens with zero attached hydrogens (tertiary/aromatic N) is 1. The summed E-state index contributed by atoms with van der Waals surface area (Å²) in [5, 5.41) is 6.32. The topological polar surface area (TPSA) is 79.9 Å². The summed E-state index contributed by atoms with van der Waals surface area (Å²) in [6.45, 7) is 0.759. The molecule has 3 amide bonds. The average Bonchev–Trinajstić information content (AvgIpc) is 2.94. The summed E-state index contributed by atoms with van der Waals surface area (Å²) < 4.78 is 11.0. The maximum absolute atomic E-state index is 13.3. The molecule has 0 aromatic heterocycles. The third-order valence-electron chi connectivity index (χ3n) is 5.64. The standard InChI is InChI=1S/C30H28ClN3O4/c1-37-26-15-11-22(12-16-26)29(35)32-19-6-20-34(30(36)33-24-8-5-7-23(31)21-24)25-13-17-28(18-14-25)38-27-9-3-2-4-10-27/h2-5,7-18,21H,6,19-20H2,1H3,(H,32,35)(H,33,36). The van der Waals surface area contributed by atoms with Crippen molar-refractivity contribution < 1.29 is 19.1 Å². The summed E-state index contributed by atoms with van der Waals surface area (Å²) >= 11 is 6.08. The molecule has 7 nitrogen and oxygen atoms in total. The van der Waals surface area contributed by atoms with Crippen LogP contribution in [-0.4, -0.2) is 32.1 Å². The molecule has 2 N–H and O–H groups in total. The molecule has 0 spiro atoms. The average molecular weight is 530 g/mol. The summed E-state index contributed by atoms with van der Waals surface area (Å²) in [5.74, 6) is 1.87. The molecule has 0 heterocycles. The van der Waals surface area contributed by atoms with Crippen LogP contribution < -0.4 is 25.0 Å². The quantitative estimate of drug-likeness (QED) is 0.217. The van der Waals surface area contributed by atoms with Crippen LogP contribution in [0.15, 0.2) is 103 Å². The van der Waals surface area contributed by atoms with E-state index in [2.05, 4.69) is 10.6 Å². The Morgan fingerprint density at radius 1 is 0.816 bits per heavy atom. The number of amides is 3. The smallest absolute Gasteiger partial charge is 0.326 e. The van der Waals surface area contributed by atoms with Gasteiger partial charge in [0.25, 0.3) is 5.91 Å². The number of methoxy groups -OCH3 is 1. The number of halogens is 1. The van der Waals surface area contributed by atoms with Crippen molar-refractivity contribution in [1.29, 1.82) is 0 Å². The Kier molecular flexibility index (Phi) is 9.21. The number of carbonyl (C=O) groups excluding carboxylic acids is 2. The maximum Gasteiger partial charge on any atom is 0.326 e. The lowest BCUT2D eigenvalue weighted by molar-refractivity contribution is 0.0953. The number of rotatable bonds is 10. The van der Waals surface area contributed by atoms with Crippen LogP contribution in [0, 0.1) is 0 Å². The van der Waals surface area contributed by atoms with E-state index in [1.165, 1.54) is 0 Å². The van der Waals surface area contributed by atoms with Gasteiger partial charge in [-0.15, -0.1) is 0 Å². The predicted molar refractivity (Wildman–Crippen MR) is 151 cm³/mol. The minimum atomic E-state index is -0.314. The third kappa shape index (κ3) is 7.51. The number of benzene rings is 4. The highest BCUT2D eigenvalue weighted by molar-refractivity contribution is 6.30. The lowest BCUT2D eigenvalue weighted by atomic mass is 10.2. The number of ether oxygens (including phenoxy) is 2. The van der Waals surface area contributed by atoms with Crippen LogP contribution in [0.2, 0.25) is 5.02 Å². The van der Waals surface area contributed by atoms with Crippen molar-refractivity contribution in [3.05, 3.63) is 114 Å². The molecule has 8 heteroatoms. The van der Waals surface area contributed by atoms with Crippen LogP contribution in [0.1, 0.15) is 16.8 Å². The normalized spacial score (nSPS) is 10.4. The van der Waals surface area contributed by atoms with E-state index >= 15 is 0 Å². The molecular weight excluding hydrogens is 502 g/mol. The van der Waals surface area contributed by atoms with E-state index in [1.807, 2.05) is 54.6 Å². The van der Waals surface area contributed by atoms with E-state index in [0.29, 0.717) is 53.0 Å². The lowest BCUT2D eigenvalue weighted by Crippen LogP contribution is -2.37. The molecule has 0 radical (unpaired) electrons. The fourth-order valence-electron chi connectivity index (χ4n) is 3.71.